The fourth-order valence-corrected chi connectivity index (χ4v) is 0.361. The Morgan fingerprint density at radius 2 is 2.30 bits per heavy atom. The summed E-state index contributed by atoms with van der Waals surface area (Å²) in [6.45, 7) is 4.14. The molecule has 1 rings (SSSR count). The van der Waals surface area contributed by atoms with Gasteiger partial charge in [-0.2, -0.15) is 0 Å². The second-order valence-corrected chi connectivity index (χ2v) is 1.86. The van der Waals surface area contributed by atoms with Crippen LogP contribution >= 0.6 is 0 Å². The molecular formula is C6H14N2O2. The summed E-state index contributed by atoms with van der Waals surface area (Å²) in [5, 5.41) is 5.39. The summed E-state index contributed by atoms with van der Waals surface area (Å²) >= 11 is 0. The third-order valence-electron chi connectivity index (χ3n) is 0.979. The molecule has 1 aliphatic heterocycles. The molecule has 0 saturated carbocycles. The van der Waals surface area contributed by atoms with Crippen LogP contribution in [0.1, 0.15) is 6.92 Å². The number of hydrogen-bond donors (Lipinski definition) is 2. The maximum Gasteiger partial charge on any atom is 0.216 e. The standard InChI is InChI=1S/2C3H7NO/c1-2-5-3-4-1;1-3(5)4-2/h4H,1-3H2;1-2H3,(H,4,5). The van der Waals surface area contributed by atoms with Crippen LogP contribution in [0, 0.1) is 0 Å². The summed E-state index contributed by atoms with van der Waals surface area (Å²) in [4.78, 5) is 9.70. The molecule has 4 heteroatoms. The topological polar surface area (TPSA) is 50.4 Å². The van der Waals surface area contributed by atoms with Gasteiger partial charge in [0.25, 0.3) is 0 Å². The van der Waals surface area contributed by atoms with E-state index in [1.165, 1.54) is 6.92 Å². The van der Waals surface area contributed by atoms with E-state index in [9.17, 15) is 4.79 Å². The van der Waals surface area contributed by atoms with Crippen LogP contribution in [0.15, 0.2) is 0 Å². The number of hydrogen-bond acceptors (Lipinski definition) is 3. The van der Waals surface area contributed by atoms with Crippen molar-refractivity contribution in [3.63, 3.8) is 0 Å². The molecule has 0 unspecified atom stereocenters. The Labute approximate surface area is 60.9 Å². The summed E-state index contributed by atoms with van der Waals surface area (Å²) < 4.78 is 4.83. The van der Waals surface area contributed by atoms with Gasteiger partial charge in [0.2, 0.25) is 5.91 Å². The zero-order chi connectivity index (χ0) is 7.82. The van der Waals surface area contributed by atoms with E-state index in [1.807, 2.05) is 0 Å². The predicted octanol–water partition coefficient (Wildman–Crippen LogP) is -0.684. The first kappa shape index (κ1) is 9.39. The minimum atomic E-state index is 0.00463. The molecule has 4 nitrogen and oxygen atoms in total. The molecule has 0 bridgehead atoms. The molecular weight excluding hydrogens is 132 g/mol. The Morgan fingerprint density at radius 1 is 1.70 bits per heavy atom. The van der Waals surface area contributed by atoms with E-state index in [0.717, 1.165) is 19.9 Å². The molecule has 2 N–H and O–H groups in total. The molecule has 1 amide bonds. The van der Waals surface area contributed by atoms with Gasteiger partial charge in [-0.1, -0.05) is 0 Å². The normalized spacial score (nSPS) is 15.4. The quantitative estimate of drug-likeness (QED) is 0.476. The highest BCUT2D eigenvalue weighted by Crippen LogP contribution is 1.75. The van der Waals surface area contributed by atoms with Gasteiger partial charge in [-0.05, 0) is 0 Å². The van der Waals surface area contributed by atoms with Crippen molar-refractivity contribution in [3.8, 4) is 0 Å². The van der Waals surface area contributed by atoms with Crippen LogP contribution in [0.5, 0.6) is 0 Å². The van der Waals surface area contributed by atoms with Gasteiger partial charge in [-0.15, -0.1) is 0 Å². The Kier molecular flexibility index (Phi) is 6.11. The van der Waals surface area contributed by atoms with E-state index in [0.29, 0.717) is 0 Å². The molecule has 10 heavy (non-hydrogen) atoms. The highest BCUT2D eigenvalue weighted by atomic mass is 16.5. The number of carbonyl (C=O) groups excluding carboxylic acids is 1. The van der Waals surface area contributed by atoms with Gasteiger partial charge in [-0.25, -0.2) is 0 Å². The van der Waals surface area contributed by atoms with E-state index >= 15 is 0 Å². The first-order valence-corrected chi connectivity index (χ1v) is 3.24. The third kappa shape index (κ3) is 7.39. The average Bonchev–Trinajstić information content (AvgIpc) is 2.43. The smallest absolute Gasteiger partial charge is 0.216 e. The minimum absolute atomic E-state index is 0.00463. The number of amides is 1. The lowest BCUT2D eigenvalue weighted by Crippen LogP contribution is -2.11. The summed E-state index contributed by atoms with van der Waals surface area (Å²) in [6.07, 6.45) is 0. The molecule has 0 aromatic heterocycles. The van der Waals surface area contributed by atoms with Crippen molar-refractivity contribution in [2.75, 3.05) is 26.9 Å². The predicted molar refractivity (Wildman–Crippen MR) is 38.6 cm³/mol. The highest BCUT2D eigenvalue weighted by molar-refractivity contribution is 5.72. The Hall–Kier alpha value is -0.610. The molecule has 1 aliphatic rings. The number of rotatable bonds is 0. The molecule has 60 valence electrons. The fourth-order valence-electron chi connectivity index (χ4n) is 0.361. The van der Waals surface area contributed by atoms with E-state index < -0.39 is 0 Å². The van der Waals surface area contributed by atoms with Crippen molar-refractivity contribution in [3.05, 3.63) is 0 Å². The minimum Gasteiger partial charge on any atom is -0.365 e. The Bertz CT molecular complexity index is 84.1. The van der Waals surface area contributed by atoms with E-state index in [-0.39, 0.29) is 5.91 Å². The number of nitrogens with one attached hydrogen (secondary N) is 2. The zero-order valence-electron chi connectivity index (χ0n) is 6.44. The molecule has 0 aromatic carbocycles. The van der Waals surface area contributed by atoms with Crippen molar-refractivity contribution in [2.24, 2.45) is 0 Å². The second-order valence-electron chi connectivity index (χ2n) is 1.86. The lowest BCUT2D eigenvalue weighted by Gasteiger charge is -1.80. The van der Waals surface area contributed by atoms with Crippen molar-refractivity contribution in [1.29, 1.82) is 0 Å². The largest absolute Gasteiger partial charge is 0.365 e. The van der Waals surface area contributed by atoms with Crippen LogP contribution in [-0.2, 0) is 9.53 Å². The Balaban J connectivity index is 0.000000162. The van der Waals surface area contributed by atoms with Gasteiger partial charge >= 0.3 is 0 Å². The summed E-state index contributed by atoms with van der Waals surface area (Å²) in [7, 11) is 1.60. The van der Waals surface area contributed by atoms with Gasteiger partial charge in [0.1, 0.15) is 0 Å². The number of ether oxygens (including phenoxy) is 1. The molecule has 0 aliphatic carbocycles. The van der Waals surface area contributed by atoms with Crippen molar-refractivity contribution in [1.82, 2.24) is 10.6 Å². The zero-order valence-corrected chi connectivity index (χ0v) is 6.44. The molecule has 0 spiro atoms. The van der Waals surface area contributed by atoms with E-state index in [2.05, 4.69) is 10.6 Å². The summed E-state index contributed by atoms with van der Waals surface area (Å²) in [6, 6.07) is 0. The maximum absolute atomic E-state index is 9.70. The molecule has 1 heterocycles. The lowest BCUT2D eigenvalue weighted by atomic mass is 10.7. The maximum atomic E-state index is 9.70. The Morgan fingerprint density at radius 3 is 2.40 bits per heavy atom. The van der Waals surface area contributed by atoms with Gasteiger partial charge in [0.05, 0.1) is 13.3 Å². The van der Waals surface area contributed by atoms with Crippen molar-refractivity contribution < 1.29 is 9.53 Å². The van der Waals surface area contributed by atoms with Crippen molar-refractivity contribution in [2.45, 2.75) is 6.92 Å². The molecule has 1 fully saturated rings. The van der Waals surface area contributed by atoms with Gasteiger partial charge < -0.3 is 10.1 Å². The van der Waals surface area contributed by atoms with Gasteiger partial charge in [0.15, 0.2) is 0 Å². The van der Waals surface area contributed by atoms with Crippen LogP contribution < -0.4 is 10.6 Å². The van der Waals surface area contributed by atoms with Gasteiger partial charge in [-0.3, -0.25) is 10.1 Å². The molecule has 1 saturated heterocycles. The van der Waals surface area contributed by atoms with E-state index in [4.69, 9.17) is 4.74 Å². The first-order chi connectivity index (χ1) is 4.77. The van der Waals surface area contributed by atoms with Crippen molar-refractivity contribution >= 4 is 5.91 Å². The van der Waals surface area contributed by atoms with Crippen LogP contribution in [-0.4, -0.2) is 32.8 Å². The van der Waals surface area contributed by atoms with Crippen LogP contribution in [0.2, 0.25) is 0 Å². The second kappa shape index (κ2) is 6.51. The summed E-state index contributed by atoms with van der Waals surface area (Å²) in [5.74, 6) is 0.00463. The molecule has 0 aromatic rings. The molecule has 0 radical (unpaired) electrons. The summed E-state index contributed by atoms with van der Waals surface area (Å²) in [5.41, 5.74) is 0. The van der Waals surface area contributed by atoms with E-state index in [1.54, 1.807) is 7.05 Å². The monoisotopic (exact) mass is 146 g/mol. The number of carbonyl (C=O) groups is 1. The SMILES string of the molecule is C1COCN1.CNC(C)=O. The average molecular weight is 146 g/mol. The first-order valence-electron chi connectivity index (χ1n) is 3.24. The molecule has 0 atom stereocenters. The lowest BCUT2D eigenvalue weighted by molar-refractivity contribution is -0.118. The van der Waals surface area contributed by atoms with Crippen LogP contribution in [0.4, 0.5) is 0 Å². The van der Waals surface area contributed by atoms with Crippen LogP contribution in [0.3, 0.4) is 0 Å². The van der Waals surface area contributed by atoms with Crippen LogP contribution in [0.25, 0.3) is 0 Å². The fraction of sp³-hybridized carbons (Fsp3) is 0.833. The third-order valence-corrected chi connectivity index (χ3v) is 0.979. The van der Waals surface area contributed by atoms with Gasteiger partial charge in [0, 0.05) is 20.5 Å². The highest BCUT2D eigenvalue weighted by Gasteiger charge is 1.92.